The van der Waals surface area contributed by atoms with Crippen LogP contribution in [0.3, 0.4) is 0 Å². The molecule has 0 amide bonds. The summed E-state index contributed by atoms with van der Waals surface area (Å²) in [4.78, 5) is 4.96. The van der Waals surface area contributed by atoms with E-state index in [1.165, 1.54) is 37.3 Å². The number of rotatable bonds is 4. The van der Waals surface area contributed by atoms with E-state index in [1.807, 2.05) is 11.8 Å². The Morgan fingerprint density at radius 2 is 2.17 bits per heavy atom. The minimum absolute atomic E-state index is 0.545. The van der Waals surface area contributed by atoms with Crippen LogP contribution >= 0.6 is 11.8 Å². The van der Waals surface area contributed by atoms with E-state index in [0.717, 1.165) is 24.7 Å². The minimum atomic E-state index is 0.545. The smallest absolute Gasteiger partial charge is 0.157 e. The highest BCUT2D eigenvalue weighted by Gasteiger charge is 2.24. The van der Waals surface area contributed by atoms with E-state index in [4.69, 9.17) is 9.73 Å². The number of aliphatic imine (C=N–C) groups is 1. The van der Waals surface area contributed by atoms with E-state index in [-0.39, 0.29) is 0 Å². The van der Waals surface area contributed by atoms with Crippen molar-refractivity contribution in [3.05, 3.63) is 0 Å². The molecule has 2 fully saturated rings. The summed E-state index contributed by atoms with van der Waals surface area (Å²) < 4.78 is 5.13. The lowest BCUT2D eigenvalue weighted by molar-refractivity contribution is 0.188. The number of amidine groups is 1. The van der Waals surface area contributed by atoms with E-state index >= 15 is 0 Å². The topological polar surface area (TPSA) is 33.6 Å². The van der Waals surface area contributed by atoms with Gasteiger partial charge in [-0.25, -0.2) is 0 Å². The van der Waals surface area contributed by atoms with Crippen LogP contribution in [0.15, 0.2) is 4.99 Å². The van der Waals surface area contributed by atoms with E-state index in [2.05, 4.69) is 12.2 Å². The van der Waals surface area contributed by atoms with Crippen molar-refractivity contribution in [2.75, 3.05) is 19.5 Å². The van der Waals surface area contributed by atoms with Crippen LogP contribution in [-0.2, 0) is 4.74 Å². The van der Waals surface area contributed by atoms with Crippen molar-refractivity contribution in [2.45, 2.75) is 57.5 Å². The number of thioether (sulfide) groups is 1. The molecule has 1 saturated carbocycles. The first kappa shape index (κ1) is 14.2. The molecule has 0 aromatic carbocycles. The van der Waals surface area contributed by atoms with Crippen molar-refractivity contribution >= 4 is 16.9 Å². The lowest BCUT2D eigenvalue weighted by Crippen LogP contribution is -2.29. The summed E-state index contributed by atoms with van der Waals surface area (Å²) >= 11 is 1.89. The summed E-state index contributed by atoms with van der Waals surface area (Å²) in [6.45, 7) is 3.20. The quantitative estimate of drug-likeness (QED) is 0.797. The van der Waals surface area contributed by atoms with Crippen molar-refractivity contribution in [1.82, 2.24) is 5.32 Å². The predicted octanol–water partition coefficient (Wildman–Crippen LogP) is 3.05. The van der Waals surface area contributed by atoms with Crippen LogP contribution in [0.2, 0.25) is 0 Å². The lowest BCUT2D eigenvalue weighted by atomic mass is 9.98. The van der Waals surface area contributed by atoms with Gasteiger partial charge in [-0.05, 0) is 25.2 Å². The Kier molecular flexibility index (Phi) is 5.83. The third kappa shape index (κ3) is 4.16. The van der Waals surface area contributed by atoms with E-state index in [1.54, 1.807) is 7.11 Å². The second-order valence-corrected chi connectivity index (χ2v) is 6.56. The third-order valence-electron chi connectivity index (χ3n) is 4.02. The molecular formula is C14H26N2OS. The maximum absolute atomic E-state index is 5.13. The van der Waals surface area contributed by atoms with Gasteiger partial charge in [0.2, 0.25) is 0 Å². The van der Waals surface area contributed by atoms with Gasteiger partial charge < -0.3 is 10.1 Å². The molecule has 1 N–H and O–H groups in total. The summed E-state index contributed by atoms with van der Waals surface area (Å²) in [6, 6.07) is 1.10. The molecule has 1 aliphatic heterocycles. The van der Waals surface area contributed by atoms with Crippen molar-refractivity contribution < 1.29 is 4.74 Å². The summed E-state index contributed by atoms with van der Waals surface area (Å²) in [5, 5.41) is 4.72. The molecule has 18 heavy (non-hydrogen) atoms. The molecular weight excluding hydrogens is 244 g/mol. The summed E-state index contributed by atoms with van der Waals surface area (Å²) in [7, 11) is 1.77. The van der Waals surface area contributed by atoms with Crippen LogP contribution < -0.4 is 5.32 Å². The Labute approximate surface area is 115 Å². The zero-order valence-corrected chi connectivity index (χ0v) is 12.5. The first-order valence-corrected chi connectivity index (χ1v) is 8.24. The largest absolute Gasteiger partial charge is 0.385 e. The lowest BCUT2D eigenvalue weighted by Gasteiger charge is -2.18. The minimum Gasteiger partial charge on any atom is -0.385 e. The van der Waals surface area contributed by atoms with Gasteiger partial charge in [-0.2, -0.15) is 0 Å². The highest BCUT2D eigenvalue weighted by Crippen LogP contribution is 2.27. The second-order valence-electron chi connectivity index (χ2n) is 5.55. The first-order valence-electron chi connectivity index (χ1n) is 7.25. The number of nitrogens with one attached hydrogen (secondary N) is 1. The molecule has 1 aliphatic carbocycles. The summed E-state index contributed by atoms with van der Waals surface area (Å²) in [6.07, 6.45) is 7.84. The third-order valence-corrected chi connectivity index (χ3v) is 5.08. The Morgan fingerprint density at radius 1 is 1.33 bits per heavy atom. The van der Waals surface area contributed by atoms with Crippen LogP contribution in [0.5, 0.6) is 0 Å². The molecule has 1 heterocycles. The number of methoxy groups -OCH3 is 1. The van der Waals surface area contributed by atoms with Gasteiger partial charge >= 0.3 is 0 Å². The summed E-state index contributed by atoms with van der Waals surface area (Å²) in [5.41, 5.74) is 0. The van der Waals surface area contributed by atoms with Gasteiger partial charge in [0.1, 0.15) is 0 Å². The second kappa shape index (κ2) is 7.39. The molecule has 3 nitrogen and oxygen atoms in total. The molecule has 104 valence electrons. The fourth-order valence-corrected chi connectivity index (χ4v) is 3.81. The Hall–Kier alpha value is -0.220. The molecule has 0 aromatic rings. The molecule has 2 aliphatic rings. The van der Waals surface area contributed by atoms with Gasteiger partial charge in [0.25, 0.3) is 0 Å². The number of hydrogen-bond acceptors (Lipinski definition) is 3. The normalized spacial score (nSPS) is 35.4. The molecule has 2 rings (SSSR count). The highest BCUT2D eigenvalue weighted by atomic mass is 32.2. The maximum Gasteiger partial charge on any atom is 0.157 e. The molecule has 0 radical (unpaired) electrons. The average Bonchev–Trinajstić information content (AvgIpc) is 2.72. The highest BCUT2D eigenvalue weighted by molar-refractivity contribution is 8.14. The van der Waals surface area contributed by atoms with Gasteiger partial charge in [-0.3, -0.25) is 4.99 Å². The van der Waals surface area contributed by atoms with Crippen molar-refractivity contribution in [2.24, 2.45) is 10.9 Å². The number of ether oxygens (including phenoxy) is 1. The van der Waals surface area contributed by atoms with Gasteiger partial charge in [-0.1, -0.05) is 37.9 Å². The monoisotopic (exact) mass is 270 g/mol. The van der Waals surface area contributed by atoms with Gasteiger partial charge in [0.05, 0.1) is 6.04 Å². The predicted molar refractivity (Wildman–Crippen MR) is 79.3 cm³/mol. The SMILES string of the molecule is COCCC1CSC(=NC2CCCCCC2C)N1. The molecule has 0 aromatic heterocycles. The molecule has 0 bridgehead atoms. The first-order chi connectivity index (χ1) is 8.79. The molecule has 0 spiro atoms. The van der Waals surface area contributed by atoms with Gasteiger partial charge in [0.15, 0.2) is 5.17 Å². The molecule has 3 unspecified atom stereocenters. The van der Waals surface area contributed by atoms with Gasteiger partial charge in [0, 0.05) is 25.5 Å². The van der Waals surface area contributed by atoms with Crippen LogP contribution in [0, 0.1) is 5.92 Å². The Balaban J connectivity index is 1.84. The zero-order chi connectivity index (χ0) is 12.8. The van der Waals surface area contributed by atoms with E-state index in [9.17, 15) is 0 Å². The Bertz CT molecular complexity index is 283. The van der Waals surface area contributed by atoms with Crippen molar-refractivity contribution in [3.63, 3.8) is 0 Å². The van der Waals surface area contributed by atoms with Crippen LogP contribution in [0.25, 0.3) is 0 Å². The van der Waals surface area contributed by atoms with Crippen molar-refractivity contribution in [1.29, 1.82) is 0 Å². The fourth-order valence-electron chi connectivity index (χ4n) is 2.74. The zero-order valence-electron chi connectivity index (χ0n) is 11.7. The fraction of sp³-hybridized carbons (Fsp3) is 0.929. The summed E-state index contributed by atoms with van der Waals surface area (Å²) in [5.74, 6) is 1.89. The van der Waals surface area contributed by atoms with Gasteiger partial charge in [-0.15, -0.1) is 0 Å². The molecule has 1 saturated heterocycles. The van der Waals surface area contributed by atoms with E-state index < -0.39 is 0 Å². The molecule has 3 atom stereocenters. The number of nitrogens with zero attached hydrogens (tertiary/aromatic N) is 1. The number of hydrogen-bond donors (Lipinski definition) is 1. The average molecular weight is 270 g/mol. The van der Waals surface area contributed by atoms with Crippen LogP contribution in [0.1, 0.15) is 45.4 Å². The van der Waals surface area contributed by atoms with Crippen LogP contribution in [0.4, 0.5) is 0 Å². The standard InChI is InChI=1S/C14H26N2OS/c1-11-6-4-3-5-7-13(11)16-14-15-12(10-18-14)8-9-17-2/h11-13H,3-10H2,1-2H3,(H,15,16). The van der Waals surface area contributed by atoms with Crippen LogP contribution in [-0.4, -0.2) is 36.7 Å². The van der Waals surface area contributed by atoms with E-state index in [0.29, 0.717) is 12.1 Å². The maximum atomic E-state index is 5.13. The molecule has 4 heteroatoms. The van der Waals surface area contributed by atoms with Crippen molar-refractivity contribution in [3.8, 4) is 0 Å². The Morgan fingerprint density at radius 3 is 3.00 bits per heavy atom.